The number of likely N-dealkylation sites (tertiary alicyclic amines) is 1. The maximum Gasteiger partial charge on any atom is 0.223 e. The summed E-state index contributed by atoms with van der Waals surface area (Å²) in [6.45, 7) is 1.10. The van der Waals surface area contributed by atoms with E-state index in [4.69, 9.17) is 5.73 Å². The van der Waals surface area contributed by atoms with Crippen LogP contribution in [-0.2, 0) is 9.59 Å². The SMILES string of the molecule is NC(=O)C1CCN(C(=O)CCC(=O)c2ccccc2)CC1. The second-order valence-corrected chi connectivity index (χ2v) is 5.35. The third-order valence-corrected chi connectivity index (χ3v) is 3.91. The Balaban J connectivity index is 1.78. The summed E-state index contributed by atoms with van der Waals surface area (Å²) in [5, 5.41) is 0. The lowest BCUT2D eigenvalue weighted by molar-refractivity contribution is -0.134. The molecular weight excluding hydrogens is 268 g/mol. The van der Waals surface area contributed by atoms with Crippen LogP contribution in [0.15, 0.2) is 30.3 Å². The molecule has 0 saturated carbocycles. The van der Waals surface area contributed by atoms with Crippen molar-refractivity contribution in [2.24, 2.45) is 11.7 Å². The van der Waals surface area contributed by atoms with Gasteiger partial charge in [-0.1, -0.05) is 30.3 Å². The first-order valence-corrected chi connectivity index (χ1v) is 7.23. The van der Waals surface area contributed by atoms with Crippen LogP contribution in [0, 0.1) is 5.92 Å². The van der Waals surface area contributed by atoms with Crippen molar-refractivity contribution in [3.63, 3.8) is 0 Å². The van der Waals surface area contributed by atoms with Crippen molar-refractivity contribution >= 4 is 17.6 Å². The average molecular weight is 288 g/mol. The summed E-state index contributed by atoms with van der Waals surface area (Å²) in [4.78, 5) is 36.8. The largest absolute Gasteiger partial charge is 0.369 e. The third-order valence-electron chi connectivity index (χ3n) is 3.91. The summed E-state index contributed by atoms with van der Waals surface area (Å²) in [6.07, 6.45) is 1.68. The van der Waals surface area contributed by atoms with Crippen LogP contribution < -0.4 is 5.73 Å². The fourth-order valence-corrected chi connectivity index (χ4v) is 2.56. The molecule has 1 aliphatic heterocycles. The molecule has 1 heterocycles. The average Bonchev–Trinajstić information content (AvgIpc) is 2.53. The van der Waals surface area contributed by atoms with Gasteiger partial charge >= 0.3 is 0 Å². The number of hydrogen-bond acceptors (Lipinski definition) is 3. The fourth-order valence-electron chi connectivity index (χ4n) is 2.56. The molecule has 112 valence electrons. The van der Waals surface area contributed by atoms with E-state index in [1.165, 1.54) is 0 Å². The number of ketones is 1. The number of nitrogens with two attached hydrogens (primary N) is 1. The number of primary amides is 1. The van der Waals surface area contributed by atoms with E-state index in [1.54, 1.807) is 17.0 Å². The van der Waals surface area contributed by atoms with E-state index < -0.39 is 0 Å². The molecule has 2 N–H and O–H groups in total. The minimum absolute atomic E-state index is 0.0176. The number of carbonyl (C=O) groups is 3. The summed E-state index contributed by atoms with van der Waals surface area (Å²) in [7, 11) is 0. The summed E-state index contributed by atoms with van der Waals surface area (Å²) < 4.78 is 0. The summed E-state index contributed by atoms with van der Waals surface area (Å²) in [5.74, 6) is -0.459. The van der Waals surface area contributed by atoms with Gasteiger partial charge in [-0.2, -0.15) is 0 Å². The number of amides is 2. The zero-order chi connectivity index (χ0) is 15.2. The van der Waals surface area contributed by atoms with Gasteiger partial charge in [-0.05, 0) is 12.8 Å². The van der Waals surface area contributed by atoms with E-state index in [0.717, 1.165) is 0 Å². The highest BCUT2D eigenvalue weighted by atomic mass is 16.2. The van der Waals surface area contributed by atoms with Gasteiger partial charge in [0.25, 0.3) is 0 Å². The highest BCUT2D eigenvalue weighted by molar-refractivity contribution is 5.97. The Morgan fingerprint density at radius 3 is 2.24 bits per heavy atom. The van der Waals surface area contributed by atoms with Crippen molar-refractivity contribution in [2.45, 2.75) is 25.7 Å². The molecule has 0 atom stereocenters. The van der Waals surface area contributed by atoms with E-state index in [9.17, 15) is 14.4 Å². The maximum atomic E-state index is 12.1. The molecular formula is C16H20N2O3. The lowest BCUT2D eigenvalue weighted by atomic mass is 9.96. The standard InChI is InChI=1S/C16H20N2O3/c17-16(21)13-8-10-18(11-9-13)15(20)7-6-14(19)12-4-2-1-3-5-12/h1-5,13H,6-11H2,(H2,17,21). The van der Waals surface area contributed by atoms with Gasteiger partial charge in [0.1, 0.15) is 0 Å². The zero-order valence-corrected chi connectivity index (χ0v) is 12.0. The Labute approximate surface area is 124 Å². The Hall–Kier alpha value is -2.17. The predicted molar refractivity (Wildman–Crippen MR) is 78.5 cm³/mol. The summed E-state index contributed by atoms with van der Waals surface area (Å²) in [5.41, 5.74) is 5.90. The van der Waals surface area contributed by atoms with Crippen LogP contribution in [0.1, 0.15) is 36.0 Å². The number of hydrogen-bond donors (Lipinski definition) is 1. The van der Waals surface area contributed by atoms with Crippen LogP contribution in [0.4, 0.5) is 0 Å². The quantitative estimate of drug-likeness (QED) is 0.831. The van der Waals surface area contributed by atoms with Gasteiger partial charge in [-0.25, -0.2) is 0 Å². The number of benzene rings is 1. The van der Waals surface area contributed by atoms with E-state index in [2.05, 4.69) is 0 Å². The van der Waals surface area contributed by atoms with Gasteiger partial charge in [-0.3, -0.25) is 14.4 Å². The molecule has 0 aliphatic carbocycles. The number of nitrogens with zero attached hydrogens (tertiary/aromatic N) is 1. The van der Waals surface area contributed by atoms with Crippen LogP contribution in [0.5, 0.6) is 0 Å². The van der Waals surface area contributed by atoms with E-state index in [1.807, 2.05) is 18.2 Å². The highest BCUT2D eigenvalue weighted by Crippen LogP contribution is 2.18. The summed E-state index contributed by atoms with van der Waals surface area (Å²) >= 11 is 0. The second-order valence-electron chi connectivity index (χ2n) is 5.35. The van der Waals surface area contributed by atoms with Gasteiger partial charge in [0.2, 0.25) is 11.8 Å². The molecule has 1 fully saturated rings. The smallest absolute Gasteiger partial charge is 0.223 e. The Morgan fingerprint density at radius 1 is 1.05 bits per heavy atom. The molecule has 0 unspecified atom stereocenters. The molecule has 1 aromatic rings. The predicted octanol–water partition coefficient (Wildman–Crippen LogP) is 1.37. The van der Waals surface area contributed by atoms with Gasteiger partial charge in [-0.15, -0.1) is 0 Å². The first kappa shape index (κ1) is 15.2. The Morgan fingerprint density at radius 2 is 1.67 bits per heavy atom. The first-order chi connectivity index (χ1) is 10.1. The molecule has 21 heavy (non-hydrogen) atoms. The number of piperidine rings is 1. The zero-order valence-electron chi connectivity index (χ0n) is 12.0. The second kappa shape index (κ2) is 7.02. The van der Waals surface area contributed by atoms with Gasteiger partial charge in [0.15, 0.2) is 5.78 Å². The van der Waals surface area contributed by atoms with Gasteiger partial charge in [0, 0.05) is 37.4 Å². The monoisotopic (exact) mass is 288 g/mol. The molecule has 1 saturated heterocycles. The highest BCUT2D eigenvalue weighted by Gasteiger charge is 2.25. The van der Waals surface area contributed by atoms with Crippen LogP contribution >= 0.6 is 0 Å². The Bertz CT molecular complexity index is 520. The van der Waals surface area contributed by atoms with Crippen molar-refractivity contribution < 1.29 is 14.4 Å². The minimum atomic E-state index is -0.290. The van der Waals surface area contributed by atoms with E-state index in [0.29, 0.717) is 31.5 Å². The molecule has 2 rings (SSSR count). The molecule has 1 aromatic carbocycles. The van der Waals surface area contributed by atoms with Gasteiger partial charge < -0.3 is 10.6 Å². The molecule has 5 nitrogen and oxygen atoms in total. The first-order valence-electron chi connectivity index (χ1n) is 7.23. The van der Waals surface area contributed by atoms with Crippen molar-refractivity contribution in [1.29, 1.82) is 0 Å². The molecule has 0 aromatic heterocycles. The van der Waals surface area contributed by atoms with Crippen molar-refractivity contribution in [3.8, 4) is 0 Å². The minimum Gasteiger partial charge on any atom is -0.369 e. The lowest BCUT2D eigenvalue weighted by Crippen LogP contribution is -2.41. The molecule has 5 heteroatoms. The van der Waals surface area contributed by atoms with Crippen LogP contribution in [0.25, 0.3) is 0 Å². The molecule has 0 bridgehead atoms. The van der Waals surface area contributed by atoms with E-state index in [-0.39, 0.29) is 36.4 Å². The van der Waals surface area contributed by atoms with Crippen LogP contribution in [0.2, 0.25) is 0 Å². The number of rotatable bonds is 5. The number of Topliss-reactive ketones (excluding diaryl/α,β-unsaturated/α-hetero) is 1. The topological polar surface area (TPSA) is 80.5 Å². The molecule has 2 amide bonds. The van der Waals surface area contributed by atoms with Crippen molar-refractivity contribution in [3.05, 3.63) is 35.9 Å². The molecule has 0 spiro atoms. The van der Waals surface area contributed by atoms with Crippen LogP contribution in [-0.4, -0.2) is 35.6 Å². The van der Waals surface area contributed by atoms with Crippen molar-refractivity contribution in [2.75, 3.05) is 13.1 Å². The Kier molecular flexibility index (Phi) is 5.09. The van der Waals surface area contributed by atoms with E-state index >= 15 is 0 Å². The van der Waals surface area contributed by atoms with Crippen molar-refractivity contribution in [1.82, 2.24) is 4.90 Å². The maximum absolute atomic E-state index is 12.1. The lowest BCUT2D eigenvalue weighted by Gasteiger charge is -2.30. The molecule has 0 radical (unpaired) electrons. The number of carbonyl (C=O) groups excluding carboxylic acids is 3. The third kappa shape index (κ3) is 4.15. The molecule has 1 aliphatic rings. The van der Waals surface area contributed by atoms with Crippen LogP contribution in [0.3, 0.4) is 0 Å². The fraction of sp³-hybridized carbons (Fsp3) is 0.438. The normalized spacial score (nSPS) is 15.7. The van der Waals surface area contributed by atoms with Gasteiger partial charge in [0.05, 0.1) is 0 Å². The summed E-state index contributed by atoms with van der Waals surface area (Å²) in [6, 6.07) is 8.98.